The molecule has 1 heterocycles. The van der Waals surface area contributed by atoms with Crippen molar-refractivity contribution in [3.8, 4) is 5.75 Å². The molecule has 0 unspecified atom stereocenters. The highest BCUT2D eigenvalue weighted by atomic mass is 16.6. The van der Waals surface area contributed by atoms with Crippen LogP contribution < -0.4 is 4.74 Å². The molecule has 1 aliphatic heterocycles. The van der Waals surface area contributed by atoms with E-state index in [0.717, 1.165) is 23.9 Å². The van der Waals surface area contributed by atoms with Crippen LogP contribution in [-0.4, -0.2) is 66.5 Å². The first-order valence-electron chi connectivity index (χ1n) is 10.0. The summed E-state index contributed by atoms with van der Waals surface area (Å²) in [7, 11) is 1.63. The Bertz CT molecular complexity index is 952. The largest absolute Gasteiger partial charge is 0.497 e. The molecule has 1 fully saturated rings. The molecule has 3 rings (SSSR count). The first-order chi connectivity index (χ1) is 14.9. The molecule has 9 heteroatoms. The zero-order chi connectivity index (χ0) is 22.4. The molecule has 1 aliphatic rings. The maximum Gasteiger partial charge on any atom is 0.338 e. The van der Waals surface area contributed by atoms with Gasteiger partial charge in [-0.1, -0.05) is 12.1 Å². The third-order valence-electron chi connectivity index (χ3n) is 5.11. The molecule has 0 radical (unpaired) electrons. The van der Waals surface area contributed by atoms with Crippen LogP contribution in [0.5, 0.6) is 5.75 Å². The summed E-state index contributed by atoms with van der Waals surface area (Å²) in [6.07, 6.45) is 0. The van der Waals surface area contributed by atoms with Crippen molar-refractivity contribution in [3.63, 3.8) is 0 Å². The van der Waals surface area contributed by atoms with E-state index in [2.05, 4.69) is 4.90 Å². The molecule has 0 aliphatic carbocycles. The number of nitrogens with zero attached hydrogens (tertiary/aromatic N) is 3. The number of nitro groups is 1. The molecule has 2 aromatic carbocycles. The molecule has 0 N–H and O–H groups in total. The number of hydrogen-bond donors (Lipinski definition) is 0. The Morgan fingerprint density at radius 3 is 2.26 bits per heavy atom. The van der Waals surface area contributed by atoms with E-state index in [4.69, 9.17) is 9.47 Å². The summed E-state index contributed by atoms with van der Waals surface area (Å²) in [6, 6.07) is 11.5. The van der Waals surface area contributed by atoms with Crippen LogP contribution in [-0.2, 0) is 11.3 Å². The average Bonchev–Trinajstić information content (AvgIpc) is 2.79. The molecule has 31 heavy (non-hydrogen) atoms. The van der Waals surface area contributed by atoms with Gasteiger partial charge in [0, 0.05) is 50.4 Å². The number of amides is 1. The van der Waals surface area contributed by atoms with Gasteiger partial charge in [0.2, 0.25) is 0 Å². The van der Waals surface area contributed by atoms with Crippen LogP contribution in [0, 0.1) is 10.1 Å². The molecule has 0 atom stereocenters. The smallest absolute Gasteiger partial charge is 0.338 e. The van der Waals surface area contributed by atoms with Crippen LogP contribution in [0.4, 0.5) is 5.69 Å². The predicted octanol–water partition coefficient (Wildman–Crippen LogP) is 2.74. The Morgan fingerprint density at radius 1 is 1.03 bits per heavy atom. The molecule has 1 saturated heterocycles. The van der Waals surface area contributed by atoms with Crippen molar-refractivity contribution in [2.24, 2.45) is 0 Å². The van der Waals surface area contributed by atoms with Gasteiger partial charge in [0.25, 0.3) is 11.6 Å². The Kier molecular flexibility index (Phi) is 7.19. The zero-order valence-corrected chi connectivity index (χ0v) is 17.6. The predicted molar refractivity (Wildman–Crippen MR) is 113 cm³/mol. The molecule has 0 saturated carbocycles. The summed E-state index contributed by atoms with van der Waals surface area (Å²) in [5.41, 5.74) is 0.948. The van der Waals surface area contributed by atoms with Gasteiger partial charge in [-0.2, -0.15) is 0 Å². The van der Waals surface area contributed by atoms with Crippen LogP contribution in [0.3, 0.4) is 0 Å². The SMILES string of the molecule is CCOC(=O)c1cc(C(=O)N2CCN(Cc3ccc(OC)cc3)CC2)cc([N+](=O)[O-])c1. The lowest BCUT2D eigenvalue weighted by molar-refractivity contribution is -0.384. The number of non-ortho nitro benzene ring substituents is 1. The van der Waals surface area contributed by atoms with E-state index in [9.17, 15) is 19.7 Å². The van der Waals surface area contributed by atoms with E-state index in [1.54, 1.807) is 18.9 Å². The maximum absolute atomic E-state index is 13.0. The first-order valence-corrected chi connectivity index (χ1v) is 10.0. The van der Waals surface area contributed by atoms with E-state index < -0.39 is 10.9 Å². The van der Waals surface area contributed by atoms with Crippen molar-refractivity contribution in [1.29, 1.82) is 0 Å². The van der Waals surface area contributed by atoms with Gasteiger partial charge in [-0.05, 0) is 30.7 Å². The minimum atomic E-state index is -0.690. The number of piperazine rings is 1. The summed E-state index contributed by atoms with van der Waals surface area (Å²) in [6.45, 7) is 4.89. The number of methoxy groups -OCH3 is 1. The van der Waals surface area contributed by atoms with Gasteiger partial charge in [0.05, 0.1) is 24.2 Å². The van der Waals surface area contributed by atoms with Gasteiger partial charge in [-0.15, -0.1) is 0 Å². The van der Waals surface area contributed by atoms with Gasteiger partial charge in [-0.25, -0.2) is 4.79 Å². The number of hydrogen-bond acceptors (Lipinski definition) is 7. The van der Waals surface area contributed by atoms with Gasteiger partial charge < -0.3 is 14.4 Å². The van der Waals surface area contributed by atoms with Crippen molar-refractivity contribution < 1.29 is 24.0 Å². The number of carbonyl (C=O) groups excluding carboxylic acids is 2. The van der Waals surface area contributed by atoms with Gasteiger partial charge in [0.1, 0.15) is 5.75 Å². The van der Waals surface area contributed by atoms with Crippen molar-refractivity contribution in [3.05, 3.63) is 69.3 Å². The van der Waals surface area contributed by atoms with Crippen LogP contribution in [0.15, 0.2) is 42.5 Å². The fourth-order valence-electron chi connectivity index (χ4n) is 3.45. The monoisotopic (exact) mass is 427 g/mol. The van der Waals surface area contributed by atoms with Crippen LogP contribution >= 0.6 is 0 Å². The number of esters is 1. The maximum atomic E-state index is 13.0. The van der Waals surface area contributed by atoms with E-state index in [0.29, 0.717) is 26.2 Å². The second-order valence-electron chi connectivity index (χ2n) is 7.16. The molecule has 0 aromatic heterocycles. The van der Waals surface area contributed by atoms with E-state index >= 15 is 0 Å². The lowest BCUT2D eigenvalue weighted by Crippen LogP contribution is -2.48. The molecule has 164 valence electrons. The van der Waals surface area contributed by atoms with E-state index in [-0.39, 0.29) is 29.3 Å². The Labute approximate surface area is 180 Å². The summed E-state index contributed by atoms with van der Waals surface area (Å²) in [5.74, 6) is -0.221. The second-order valence-corrected chi connectivity index (χ2v) is 7.16. The Hall–Kier alpha value is -3.46. The molecule has 2 aromatic rings. The van der Waals surface area contributed by atoms with Crippen LogP contribution in [0.25, 0.3) is 0 Å². The lowest BCUT2D eigenvalue weighted by atomic mass is 10.1. The molecule has 0 bridgehead atoms. The topological polar surface area (TPSA) is 102 Å². The first kappa shape index (κ1) is 22.2. The highest BCUT2D eigenvalue weighted by Gasteiger charge is 2.25. The number of nitro benzene ring substituents is 1. The van der Waals surface area contributed by atoms with Crippen molar-refractivity contribution in [1.82, 2.24) is 9.80 Å². The average molecular weight is 427 g/mol. The fourth-order valence-corrected chi connectivity index (χ4v) is 3.45. The molecule has 1 amide bonds. The van der Waals surface area contributed by atoms with Gasteiger partial charge >= 0.3 is 5.97 Å². The number of ether oxygens (including phenoxy) is 2. The standard InChI is InChI=1S/C22H25N3O6/c1-3-31-22(27)18-12-17(13-19(14-18)25(28)29)21(26)24-10-8-23(9-11-24)15-16-4-6-20(30-2)7-5-16/h4-7,12-14H,3,8-11,15H2,1-2H3. The Morgan fingerprint density at radius 2 is 1.68 bits per heavy atom. The summed E-state index contributed by atoms with van der Waals surface area (Å²) in [5, 5.41) is 11.3. The highest BCUT2D eigenvalue weighted by Crippen LogP contribution is 2.21. The van der Waals surface area contributed by atoms with Crippen molar-refractivity contribution in [2.45, 2.75) is 13.5 Å². The summed E-state index contributed by atoms with van der Waals surface area (Å²) < 4.78 is 10.1. The second kappa shape index (κ2) is 10.0. The Balaban J connectivity index is 1.66. The minimum absolute atomic E-state index is 0.00228. The summed E-state index contributed by atoms with van der Waals surface area (Å²) >= 11 is 0. The number of rotatable bonds is 7. The number of carbonyl (C=O) groups is 2. The summed E-state index contributed by atoms with van der Waals surface area (Å²) in [4.78, 5) is 39.5. The third kappa shape index (κ3) is 5.58. The quantitative estimate of drug-likeness (QED) is 0.380. The van der Waals surface area contributed by atoms with E-state index in [1.807, 2.05) is 24.3 Å². The lowest BCUT2D eigenvalue weighted by Gasteiger charge is -2.34. The third-order valence-corrected chi connectivity index (χ3v) is 5.11. The van der Waals surface area contributed by atoms with Crippen molar-refractivity contribution >= 4 is 17.6 Å². The van der Waals surface area contributed by atoms with Crippen LogP contribution in [0.1, 0.15) is 33.2 Å². The highest BCUT2D eigenvalue weighted by molar-refractivity contribution is 5.99. The minimum Gasteiger partial charge on any atom is -0.497 e. The van der Waals surface area contributed by atoms with E-state index in [1.165, 1.54) is 12.1 Å². The van der Waals surface area contributed by atoms with Crippen LogP contribution in [0.2, 0.25) is 0 Å². The van der Waals surface area contributed by atoms with Gasteiger partial charge in [0.15, 0.2) is 0 Å². The fraction of sp³-hybridized carbons (Fsp3) is 0.364. The molecular weight excluding hydrogens is 402 g/mol. The van der Waals surface area contributed by atoms with Gasteiger partial charge in [-0.3, -0.25) is 19.8 Å². The zero-order valence-electron chi connectivity index (χ0n) is 17.6. The van der Waals surface area contributed by atoms with Crippen molar-refractivity contribution in [2.75, 3.05) is 39.9 Å². The molecule has 9 nitrogen and oxygen atoms in total. The number of benzene rings is 2. The molecule has 0 spiro atoms. The molecular formula is C22H25N3O6. The normalized spacial score (nSPS) is 14.2.